The number of imidazole rings is 1. The SMILES string of the molecule is CCN(CCn1c(N)nc2c(OC)ncnc21)C1CC1. The highest BCUT2D eigenvalue weighted by molar-refractivity contribution is 5.78. The maximum absolute atomic E-state index is 6.01. The summed E-state index contributed by atoms with van der Waals surface area (Å²) in [4.78, 5) is 15.1. The van der Waals surface area contributed by atoms with Crippen LogP contribution in [0, 0.1) is 0 Å². The number of likely N-dealkylation sites (N-methyl/N-ethyl adjacent to an activating group) is 1. The second-order valence-corrected chi connectivity index (χ2v) is 5.04. The topological polar surface area (TPSA) is 82.1 Å². The van der Waals surface area contributed by atoms with Gasteiger partial charge in [-0.1, -0.05) is 6.92 Å². The molecule has 2 heterocycles. The molecule has 2 aromatic heterocycles. The van der Waals surface area contributed by atoms with Gasteiger partial charge in [-0.15, -0.1) is 0 Å². The summed E-state index contributed by atoms with van der Waals surface area (Å²) in [5.41, 5.74) is 7.37. The van der Waals surface area contributed by atoms with Crippen LogP contribution in [0.15, 0.2) is 6.33 Å². The Balaban J connectivity index is 1.85. The van der Waals surface area contributed by atoms with Gasteiger partial charge in [0.1, 0.15) is 6.33 Å². The number of nitrogens with two attached hydrogens (primary N) is 1. The molecule has 1 fully saturated rings. The Labute approximate surface area is 117 Å². The van der Waals surface area contributed by atoms with Crippen LogP contribution in [0.2, 0.25) is 0 Å². The first kappa shape index (κ1) is 13.1. The Kier molecular flexibility index (Phi) is 3.43. The van der Waals surface area contributed by atoms with Crippen molar-refractivity contribution < 1.29 is 4.74 Å². The molecule has 0 spiro atoms. The Morgan fingerprint density at radius 1 is 1.45 bits per heavy atom. The number of nitrogen functional groups attached to an aromatic ring is 1. The fourth-order valence-electron chi connectivity index (χ4n) is 2.57. The molecule has 0 unspecified atom stereocenters. The lowest BCUT2D eigenvalue weighted by Crippen LogP contribution is -2.29. The lowest BCUT2D eigenvalue weighted by atomic mass is 10.4. The van der Waals surface area contributed by atoms with Crippen LogP contribution in [0.25, 0.3) is 11.2 Å². The first-order valence-electron chi connectivity index (χ1n) is 6.99. The molecule has 108 valence electrons. The normalized spacial score (nSPS) is 15.2. The van der Waals surface area contributed by atoms with Gasteiger partial charge in [-0.3, -0.25) is 9.47 Å². The van der Waals surface area contributed by atoms with Crippen LogP contribution in [0.3, 0.4) is 0 Å². The number of rotatable bonds is 6. The van der Waals surface area contributed by atoms with E-state index in [9.17, 15) is 0 Å². The largest absolute Gasteiger partial charge is 0.479 e. The third kappa shape index (κ3) is 2.29. The number of hydrogen-bond acceptors (Lipinski definition) is 6. The molecule has 7 heteroatoms. The highest BCUT2D eigenvalue weighted by Crippen LogP contribution is 2.27. The fourth-order valence-corrected chi connectivity index (χ4v) is 2.57. The molecule has 0 aliphatic heterocycles. The Hall–Kier alpha value is -1.89. The van der Waals surface area contributed by atoms with Crippen LogP contribution in [-0.2, 0) is 6.54 Å². The van der Waals surface area contributed by atoms with Gasteiger partial charge in [0.15, 0.2) is 11.2 Å². The lowest BCUT2D eigenvalue weighted by molar-refractivity contribution is 0.267. The van der Waals surface area contributed by atoms with Crippen molar-refractivity contribution in [1.82, 2.24) is 24.4 Å². The predicted octanol–water partition coefficient (Wildman–Crippen LogP) is 0.901. The van der Waals surface area contributed by atoms with E-state index in [2.05, 4.69) is 26.8 Å². The molecule has 0 aromatic carbocycles. The summed E-state index contributed by atoms with van der Waals surface area (Å²) in [5.74, 6) is 0.931. The van der Waals surface area contributed by atoms with Gasteiger partial charge in [-0.2, -0.15) is 4.98 Å². The molecule has 20 heavy (non-hydrogen) atoms. The molecule has 1 saturated carbocycles. The second kappa shape index (κ2) is 5.24. The number of hydrogen-bond donors (Lipinski definition) is 1. The third-order valence-electron chi connectivity index (χ3n) is 3.80. The average Bonchev–Trinajstić information content (AvgIpc) is 3.24. The van der Waals surface area contributed by atoms with E-state index in [1.54, 1.807) is 7.11 Å². The summed E-state index contributed by atoms with van der Waals surface area (Å²) in [6.45, 7) is 5.00. The molecular formula is C13H20N6O. The molecule has 1 aliphatic carbocycles. The highest BCUT2D eigenvalue weighted by Gasteiger charge is 2.27. The van der Waals surface area contributed by atoms with Crippen LogP contribution in [0.4, 0.5) is 5.95 Å². The zero-order valence-corrected chi connectivity index (χ0v) is 11.9. The van der Waals surface area contributed by atoms with Crippen molar-refractivity contribution in [3.8, 4) is 5.88 Å². The van der Waals surface area contributed by atoms with Gasteiger partial charge in [0.05, 0.1) is 7.11 Å². The minimum absolute atomic E-state index is 0.464. The highest BCUT2D eigenvalue weighted by atomic mass is 16.5. The van der Waals surface area contributed by atoms with Gasteiger partial charge < -0.3 is 10.5 Å². The van der Waals surface area contributed by atoms with Crippen molar-refractivity contribution >= 4 is 17.1 Å². The lowest BCUT2D eigenvalue weighted by Gasteiger charge is -2.20. The van der Waals surface area contributed by atoms with E-state index in [0.717, 1.165) is 31.3 Å². The third-order valence-corrected chi connectivity index (χ3v) is 3.80. The standard InChI is InChI=1S/C13H20N6O/c1-3-18(9-4-5-9)6-7-19-11-10(17-13(19)14)12(20-2)16-8-15-11/h8-9H,3-7H2,1-2H3,(H2,14,17). The molecule has 0 atom stereocenters. The number of anilines is 1. The van der Waals surface area contributed by atoms with Gasteiger partial charge in [-0.25, -0.2) is 9.97 Å². The molecule has 0 amide bonds. The summed E-state index contributed by atoms with van der Waals surface area (Å²) >= 11 is 0. The zero-order valence-electron chi connectivity index (χ0n) is 11.9. The van der Waals surface area contributed by atoms with Crippen molar-refractivity contribution in [3.05, 3.63) is 6.33 Å². The Morgan fingerprint density at radius 3 is 2.90 bits per heavy atom. The van der Waals surface area contributed by atoms with E-state index in [1.807, 2.05) is 4.57 Å². The molecule has 1 aliphatic rings. The van der Waals surface area contributed by atoms with Crippen LogP contribution >= 0.6 is 0 Å². The quantitative estimate of drug-likeness (QED) is 0.844. The zero-order chi connectivity index (χ0) is 14.1. The summed E-state index contributed by atoms with van der Waals surface area (Å²) in [7, 11) is 1.57. The molecule has 3 rings (SSSR count). The second-order valence-electron chi connectivity index (χ2n) is 5.04. The molecule has 2 N–H and O–H groups in total. The van der Waals surface area contributed by atoms with Gasteiger partial charge in [0.2, 0.25) is 11.8 Å². The van der Waals surface area contributed by atoms with Crippen molar-refractivity contribution in [3.63, 3.8) is 0 Å². The van der Waals surface area contributed by atoms with E-state index in [1.165, 1.54) is 19.2 Å². The van der Waals surface area contributed by atoms with E-state index >= 15 is 0 Å². The minimum atomic E-state index is 0.464. The van der Waals surface area contributed by atoms with Gasteiger partial charge >= 0.3 is 0 Å². The van der Waals surface area contributed by atoms with E-state index in [4.69, 9.17) is 10.5 Å². The number of ether oxygens (including phenoxy) is 1. The molecular weight excluding hydrogens is 256 g/mol. The number of fused-ring (bicyclic) bond motifs is 1. The van der Waals surface area contributed by atoms with Crippen LogP contribution in [0.5, 0.6) is 5.88 Å². The van der Waals surface area contributed by atoms with E-state index in [-0.39, 0.29) is 0 Å². The van der Waals surface area contributed by atoms with Crippen molar-refractivity contribution in [2.75, 3.05) is 25.9 Å². The first-order valence-corrected chi connectivity index (χ1v) is 6.99. The van der Waals surface area contributed by atoms with Crippen LogP contribution in [-0.4, -0.2) is 50.7 Å². The average molecular weight is 276 g/mol. The van der Waals surface area contributed by atoms with Crippen molar-refractivity contribution in [2.45, 2.75) is 32.4 Å². The van der Waals surface area contributed by atoms with Gasteiger partial charge in [0, 0.05) is 19.1 Å². The number of nitrogens with zero attached hydrogens (tertiary/aromatic N) is 5. The Bertz CT molecular complexity index is 606. The number of aromatic nitrogens is 4. The summed E-state index contributed by atoms with van der Waals surface area (Å²) < 4.78 is 7.13. The molecule has 0 bridgehead atoms. The Morgan fingerprint density at radius 2 is 2.25 bits per heavy atom. The monoisotopic (exact) mass is 276 g/mol. The fraction of sp³-hybridized carbons (Fsp3) is 0.615. The first-order chi connectivity index (χ1) is 9.74. The van der Waals surface area contributed by atoms with Crippen LogP contribution in [0.1, 0.15) is 19.8 Å². The van der Waals surface area contributed by atoms with Crippen molar-refractivity contribution in [1.29, 1.82) is 0 Å². The van der Waals surface area contributed by atoms with E-state index < -0.39 is 0 Å². The molecule has 0 saturated heterocycles. The molecule has 0 radical (unpaired) electrons. The van der Waals surface area contributed by atoms with Gasteiger partial charge in [0.25, 0.3) is 0 Å². The van der Waals surface area contributed by atoms with Crippen molar-refractivity contribution in [2.24, 2.45) is 0 Å². The van der Waals surface area contributed by atoms with E-state index in [0.29, 0.717) is 17.3 Å². The summed E-state index contributed by atoms with van der Waals surface area (Å²) in [5, 5.41) is 0. The predicted molar refractivity (Wildman–Crippen MR) is 76.6 cm³/mol. The summed E-state index contributed by atoms with van der Waals surface area (Å²) in [6, 6.07) is 0.750. The summed E-state index contributed by atoms with van der Waals surface area (Å²) in [6.07, 6.45) is 4.10. The van der Waals surface area contributed by atoms with Gasteiger partial charge in [-0.05, 0) is 19.4 Å². The number of methoxy groups -OCH3 is 1. The maximum Gasteiger partial charge on any atom is 0.245 e. The smallest absolute Gasteiger partial charge is 0.245 e. The molecule has 7 nitrogen and oxygen atoms in total. The minimum Gasteiger partial charge on any atom is -0.479 e. The van der Waals surface area contributed by atoms with Crippen LogP contribution < -0.4 is 10.5 Å². The maximum atomic E-state index is 6.01. The molecule has 2 aromatic rings.